The number of alkyl carbamates (subject to hydrolysis) is 1. The summed E-state index contributed by atoms with van der Waals surface area (Å²) < 4.78 is 18.4. The minimum absolute atomic E-state index is 0.0278. The van der Waals surface area contributed by atoms with E-state index in [1.165, 1.54) is 5.56 Å². The Bertz CT molecular complexity index is 1800. The average molecular weight is 705 g/mol. The van der Waals surface area contributed by atoms with Crippen LogP contribution in [0.5, 0.6) is 0 Å². The molecule has 0 aromatic heterocycles. The van der Waals surface area contributed by atoms with Gasteiger partial charge >= 0.3 is 6.09 Å². The predicted molar refractivity (Wildman–Crippen MR) is 194 cm³/mol. The second kappa shape index (κ2) is 16.6. The molecule has 3 fully saturated rings. The van der Waals surface area contributed by atoms with Crippen molar-refractivity contribution in [2.45, 2.75) is 57.1 Å². The van der Waals surface area contributed by atoms with Crippen molar-refractivity contribution in [1.82, 2.24) is 15.1 Å². The van der Waals surface area contributed by atoms with Crippen LogP contribution in [0.15, 0.2) is 109 Å². The number of aliphatic hydroxyl groups excluding tert-OH is 1. The maximum absolute atomic E-state index is 13.3. The quantitative estimate of drug-likeness (QED) is 0.206. The van der Waals surface area contributed by atoms with E-state index in [0.717, 1.165) is 66.4 Å². The Balaban J connectivity index is 0.991. The van der Waals surface area contributed by atoms with E-state index in [2.05, 4.69) is 39.4 Å². The minimum atomic E-state index is -1.01. The Morgan fingerprint density at radius 3 is 2.06 bits per heavy atom. The van der Waals surface area contributed by atoms with Crippen molar-refractivity contribution in [3.63, 3.8) is 0 Å². The molecule has 270 valence electrons. The number of carbonyl (C=O) groups is 3. The highest BCUT2D eigenvalue weighted by Crippen LogP contribution is 2.39. The number of piperazine rings is 1. The number of nitrogens with one attached hydrogen (secondary N) is 1. The van der Waals surface area contributed by atoms with Gasteiger partial charge in [0.15, 0.2) is 6.29 Å². The third kappa shape index (κ3) is 8.75. The van der Waals surface area contributed by atoms with Gasteiger partial charge in [-0.15, -0.1) is 0 Å². The van der Waals surface area contributed by atoms with Gasteiger partial charge in [0.25, 0.3) is 5.91 Å². The molecule has 11 heteroatoms. The van der Waals surface area contributed by atoms with Crippen molar-refractivity contribution < 1.29 is 33.7 Å². The van der Waals surface area contributed by atoms with Gasteiger partial charge in [0.05, 0.1) is 30.9 Å². The maximum atomic E-state index is 13.3. The van der Waals surface area contributed by atoms with E-state index < -0.39 is 30.2 Å². The van der Waals surface area contributed by atoms with E-state index in [1.807, 2.05) is 72.8 Å². The van der Waals surface area contributed by atoms with Gasteiger partial charge in [0, 0.05) is 51.3 Å². The Hall–Kier alpha value is -4.91. The van der Waals surface area contributed by atoms with Gasteiger partial charge in [0.1, 0.15) is 12.6 Å². The number of hydrogen-bond acceptors (Lipinski definition) is 9. The fraction of sp³-hybridized carbons (Fsp3) is 0.341. The largest absolute Gasteiger partial charge is 0.445 e. The smallest absolute Gasteiger partial charge is 0.408 e. The van der Waals surface area contributed by atoms with E-state index in [-0.39, 0.29) is 31.8 Å². The zero-order chi connectivity index (χ0) is 35.9. The van der Waals surface area contributed by atoms with Gasteiger partial charge < -0.3 is 24.6 Å². The third-order valence-corrected chi connectivity index (χ3v) is 9.87. The van der Waals surface area contributed by atoms with Crippen LogP contribution in [-0.2, 0) is 43.6 Å². The van der Waals surface area contributed by atoms with Crippen LogP contribution in [0, 0.1) is 0 Å². The molecule has 2 N–H and O–H groups in total. The summed E-state index contributed by atoms with van der Waals surface area (Å²) in [4.78, 5) is 44.7. The highest BCUT2D eigenvalue weighted by atomic mass is 16.7. The minimum Gasteiger partial charge on any atom is -0.445 e. The van der Waals surface area contributed by atoms with Crippen LogP contribution in [0.25, 0.3) is 0 Å². The predicted octanol–water partition coefficient (Wildman–Crippen LogP) is 5.10. The number of rotatable bonds is 11. The second-order valence-corrected chi connectivity index (χ2v) is 13.5. The Morgan fingerprint density at radius 2 is 1.38 bits per heavy atom. The SMILES string of the molecule is O=C(NC1CC(=O)N(c2ccc([C@H]3O[C@@H](CN4CCN(Cc5ccccc5)CC4)C[C@@H](c4ccc(CO)cc4)O3)cc2)C1=O)OCc1ccccc1. The summed E-state index contributed by atoms with van der Waals surface area (Å²) in [6.45, 7) is 5.59. The zero-order valence-corrected chi connectivity index (χ0v) is 29.0. The van der Waals surface area contributed by atoms with E-state index >= 15 is 0 Å². The molecule has 0 bridgehead atoms. The number of hydrogen-bond donors (Lipinski definition) is 2. The molecule has 0 spiro atoms. The molecule has 0 radical (unpaired) electrons. The molecule has 4 aromatic carbocycles. The summed E-state index contributed by atoms with van der Waals surface area (Å²) in [6.07, 6.45) is -1.25. The number of imide groups is 1. The molecular formula is C41H44N4O7. The van der Waals surface area contributed by atoms with Crippen molar-refractivity contribution in [1.29, 1.82) is 0 Å². The molecule has 0 saturated carbocycles. The monoisotopic (exact) mass is 704 g/mol. The summed E-state index contributed by atoms with van der Waals surface area (Å²) >= 11 is 0. The van der Waals surface area contributed by atoms with Gasteiger partial charge in [-0.25, -0.2) is 9.69 Å². The normalized spacial score (nSPS) is 22.8. The van der Waals surface area contributed by atoms with Gasteiger partial charge in [-0.3, -0.25) is 19.4 Å². The molecule has 7 rings (SSSR count). The molecule has 52 heavy (non-hydrogen) atoms. The molecular weight excluding hydrogens is 660 g/mol. The molecule has 3 saturated heterocycles. The van der Waals surface area contributed by atoms with Crippen LogP contribution in [0.3, 0.4) is 0 Å². The molecule has 1 unspecified atom stereocenters. The number of nitrogens with zero attached hydrogens (tertiary/aromatic N) is 3. The van der Waals surface area contributed by atoms with Gasteiger partial charge in [-0.05, 0) is 34.4 Å². The molecule has 0 aliphatic carbocycles. The molecule has 4 aromatic rings. The highest BCUT2D eigenvalue weighted by molar-refractivity contribution is 6.22. The lowest BCUT2D eigenvalue weighted by Crippen LogP contribution is -2.49. The summed E-state index contributed by atoms with van der Waals surface area (Å²) in [5.74, 6) is -0.929. The summed E-state index contributed by atoms with van der Waals surface area (Å²) in [7, 11) is 0. The van der Waals surface area contributed by atoms with E-state index in [9.17, 15) is 19.5 Å². The lowest BCUT2D eigenvalue weighted by Gasteiger charge is -2.41. The van der Waals surface area contributed by atoms with E-state index in [0.29, 0.717) is 12.1 Å². The molecule has 3 aliphatic rings. The van der Waals surface area contributed by atoms with Crippen LogP contribution < -0.4 is 10.2 Å². The van der Waals surface area contributed by atoms with Crippen molar-refractivity contribution in [3.05, 3.63) is 137 Å². The average Bonchev–Trinajstić information content (AvgIpc) is 3.46. The maximum Gasteiger partial charge on any atom is 0.408 e. The number of carbonyl (C=O) groups excluding carboxylic acids is 3. The number of ether oxygens (including phenoxy) is 3. The van der Waals surface area contributed by atoms with Crippen LogP contribution >= 0.6 is 0 Å². The standard InChI is InChI=1S/C41H44N4O7/c46-27-30-11-13-32(14-12-30)37-23-35(26-44-21-19-43(20-22-44)25-29-7-3-1-4-8-29)51-40(52-37)33-15-17-34(18-16-33)45-38(47)24-36(39(45)48)42-41(49)50-28-31-9-5-2-6-10-31/h1-18,35-37,40,46H,19-28H2,(H,42,49)/t35-,36?,37+,40+/m1/s1. The van der Waals surface area contributed by atoms with Crippen LogP contribution in [0.4, 0.5) is 10.5 Å². The van der Waals surface area contributed by atoms with Crippen molar-refractivity contribution >= 4 is 23.6 Å². The zero-order valence-electron chi connectivity index (χ0n) is 29.0. The molecule has 11 nitrogen and oxygen atoms in total. The van der Waals surface area contributed by atoms with Gasteiger partial charge in [-0.1, -0.05) is 97.1 Å². The number of amides is 3. The van der Waals surface area contributed by atoms with Crippen molar-refractivity contribution in [3.8, 4) is 0 Å². The lowest BCUT2D eigenvalue weighted by molar-refractivity contribution is -0.253. The van der Waals surface area contributed by atoms with Crippen molar-refractivity contribution in [2.75, 3.05) is 37.6 Å². The van der Waals surface area contributed by atoms with Crippen LogP contribution in [0.1, 0.15) is 53.1 Å². The second-order valence-electron chi connectivity index (χ2n) is 13.5. The van der Waals surface area contributed by atoms with Gasteiger partial charge in [-0.2, -0.15) is 0 Å². The topological polar surface area (TPSA) is 121 Å². The molecule has 3 amide bonds. The molecule has 3 heterocycles. The van der Waals surface area contributed by atoms with E-state index in [1.54, 1.807) is 12.1 Å². The Labute approximate surface area is 303 Å². The van der Waals surface area contributed by atoms with Crippen molar-refractivity contribution in [2.24, 2.45) is 0 Å². The third-order valence-electron chi connectivity index (χ3n) is 9.87. The Morgan fingerprint density at radius 1 is 0.750 bits per heavy atom. The number of benzene rings is 4. The van der Waals surface area contributed by atoms with Crippen LogP contribution in [-0.4, -0.2) is 77.7 Å². The Kier molecular flexibility index (Phi) is 11.3. The van der Waals surface area contributed by atoms with Crippen LogP contribution in [0.2, 0.25) is 0 Å². The first-order valence-electron chi connectivity index (χ1n) is 17.8. The summed E-state index contributed by atoms with van der Waals surface area (Å²) in [6, 6.07) is 33.6. The lowest BCUT2D eigenvalue weighted by atomic mass is 9.99. The molecule has 3 aliphatic heterocycles. The molecule has 4 atom stereocenters. The summed E-state index contributed by atoms with van der Waals surface area (Å²) in [5.41, 5.74) is 5.14. The van der Waals surface area contributed by atoms with E-state index in [4.69, 9.17) is 14.2 Å². The first-order chi connectivity index (χ1) is 25.4. The van der Waals surface area contributed by atoms with Gasteiger partial charge in [0.2, 0.25) is 5.91 Å². The first-order valence-corrected chi connectivity index (χ1v) is 17.8. The fourth-order valence-electron chi connectivity index (χ4n) is 7.00. The first kappa shape index (κ1) is 35.5. The summed E-state index contributed by atoms with van der Waals surface area (Å²) in [5, 5.41) is 12.1. The number of anilines is 1. The number of aliphatic hydroxyl groups is 1. The fourth-order valence-corrected chi connectivity index (χ4v) is 7.00. The highest BCUT2D eigenvalue weighted by Gasteiger charge is 2.41.